The molecule has 1 heterocycles. The highest BCUT2D eigenvalue weighted by Gasteiger charge is 2.55. The van der Waals surface area contributed by atoms with Crippen molar-refractivity contribution in [1.82, 2.24) is 0 Å². The van der Waals surface area contributed by atoms with Crippen molar-refractivity contribution in [3.05, 3.63) is 76.4 Å². The average Bonchev–Trinajstić information content (AvgIpc) is 3.26. The van der Waals surface area contributed by atoms with E-state index in [1.807, 2.05) is 18.2 Å². The molecule has 0 radical (unpaired) electrons. The van der Waals surface area contributed by atoms with Crippen LogP contribution in [-0.4, -0.2) is 0 Å². The summed E-state index contributed by atoms with van der Waals surface area (Å²) in [5.74, 6) is -1.97. The number of halogens is 2. The largest absolute Gasteiger partial charge is 0.483 e. The van der Waals surface area contributed by atoms with Crippen LogP contribution in [0.15, 0.2) is 57.7 Å². The molecule has 1 aromatic carbocycles. The Morgan fingerprint density at radius 1 is 1.16 bits per heavy atom. The molecule has 6 nitrogen and oxygen atoms in total. The number of rotatable bonds is 4. The number of fused-ring (bicyclic) bond motifs is 1. The molecule has 0 saturated carbocycles. The molecule has 2 N–H and O–H groups in total. The molecular formula is C24H18F2N4O2. The molecule has 0 fully saturated rings. The van der Waals surface area contributed by atoms with Crippen LogP contribution in [0.2, 0.25) is 0 Å². The lowest BCUT2D eigenvalue weighted by molar-refractivity contribution is 0.232. The van der Waals surface area contributed by atoms with Crippen LogP contribution in [0, 0.1) is 57.0 Å². The molecule has 1 aromatic heterocycles. The number of nitrogens with zero attached hydrogens (tertiary/aromatic N) is 3. The summed E-state index contributed by atoms with van der Waals surface area (Å²) in [5.41, 5.74) is 5.33. The lowest BCUT2D eigenvalue weighted by Crippen LogP contribution is -2.42. The van der Waals surface area contributed by atoms with E-state index in [2.05, 4.69) is 6.07 Å². The maximum Gasteiger partial charge on any atom is 0.194 e. The first-order valence-electron chi connectivity index (χ1n) is 10.0. The van der Waals surface area contributed by atoms with Crippen molar-refractivity contribution in [2.45, 2.75) is 31.8 Å². The van der Waals surface area contributed by atoms with E-state index in [-0.39, 0.29) is 29.5 Å². The monoisotopic (exact) mass is 432 g/mol. The molecule has 2 aliphatic carbocycles. The van der Waals surface area contributed by atoms with Crippen molar-refractivity contribution in [2.24, 2.45) is 17.1 Å². The van der Waals surface area contributed by atoms with Gasteiger partial charge < -0.3 is 14.9 Å². The molecule has 0 amide bonds. The number of hydrogen-bond donors (Lipinski definition) is 1. The molecule has 0 saturated heterocycles. The minimum atomic E-state index is -1.76. The number of ether oxygens (including phenoxy) is 1. The highest BCUT2D eigenvalue weighted by Crippen LogP contribution is 2.56. The predicted octanol–water partition coefficient (Wildman–Crippen LogP) is 4.73. The molecule has 0 bridgehead atoms. The van der Waals surface area contributed by atoms with Crippen molar-refractivity contribution in [1.29, 1.82) is 15.8 Å². The van der Waals surface area contributed by atoms with E-state index in [4.69, 9.17) is 14.9 Å². The van der Waals surface area contributed by atoms with E-state index in [1.54, 1.807) is 12.1 Å². The Kier molecular flexibility index (Phi) is 5.43. The van der Waals surface area contributed by atoms with Gasteiger partial charge in [0.2, 0.25) is 0 Å². The Hall–Kier alpha value is -4.09. The zero-order valence-electron chi connectivity index (χ0n) is 16.9. The van der Waals surface area contributed by atoms with Gasteiger partial charge in [-0.1, -0.05) is 6.08 Å². The molecule has 0 spiro atoms. The van der Waals surface area contributed by atoms with Gasteiger partial charge >= 0.3 is 0 Å². The zero-order valence-corrected chi connectivity index (χ0v) is 16.9. The maximum absolute atomic E-state index is 13.8. The van der Waals surface area contributed by atoms with Gasteiger partial charge in [0.25, 0.3) is 0 Å². The topological polar surface area (TPSA) is 120 Å². The van der Waals surface area contributed by atoms with Gasteiger partial charge in [0, 0.05) is 6.07 Å². The standard InChI is InChI=1S/C24H18F2N4O2/c25-14-5-7-20(19(26)9-14)31-11-15-6-8-21(32-15)22-17-4-2-1-3-16(17)18(10-27)23(30)24(22,12-28)13-29/h3,5-9,17,22H,1-2,4,11,30H2/t17-,22-/m1/s1. The molecule has 160 valence electrons. The molecule has 0 unspecified atom stereocenters. The second-order valence-electron chi connectivity index (χ2n) is 7.77. The molecule has 32 heavy (non-hydrogen) atoms. The van der Waals surface area contributed by atoms with E-state index in [1.165, 1.54) is 6.07 Å². The van der Waals surface area contributed by atoms with Gasteiger partial charge in [-0.25, -0.2) is 8.78 Å². The molecule has 2 aromatic rings. The second kappa shape index (κ2) is 8.21. The summed E-state index contributed by atoms with van der Waals surface area (Å²) in [5, 5.41) is 29.7. The smallest absolute Gasteiger partial charge is 0.194 e. The fourth-order valence-corrected chi connectivity index (χ4v) is 4.56. The number of furan rings is 1. The van der Waals surface area contributed by atoms with Crippen LogP contribution < -0.4 is 10.5 Å². The maximum atomic E-state index is 13.8. The van der Waals surface area contributed by atoms with Crippen LogP contribution in [0.1, 0.15) is 36.7 Å². The fraction of sp³-hybridized carbons (Fsp3) is 0.292. The summed E-state index contributed by atoms with van der Waals surface area (Å²) in [4.78, 5) is 0. The normalized spacial score (nSPS) is 21.5. The Balaban J connectivity index is 1.70. The summed E-state index contributed by atoms with van der Waals surface area (Å²) < 4.78 is 38.2. The van der Waals surface area contributed by atoms with Crippen molar-refractivity contribution in [3.63, 3.8) is 0 Å². The molecule has 4 rings (SSSR count). The number of hydrogen-bond acceptors (Lipinski definition) is 6. The Labute approximate surface area is 183 Å². The third-order valence-electron chi connectivity index (χ3n) is 6.05. The van der Waals surface area contributed by atoms with Crippen LogP contribution in [0.25, 0.3) is 0 Å². The van der Waals surface area contributed by atoms with Crippen LogP contribution >= 0.6 is 0 Å². The highest BCUT2D eigenvalue weighted by molar-refractivity contribution is 5.58. The molecule has 0 aliphatic heterocycles. The van der Waals surface area contributed by atoms with Gasteiger partial charge in [0.1, 0.15) is 30.0 Å². The number of nitrogens with two attached hydrogens (primary N) is 1. The van der Waals surface area contributed by atoms with Gasteiger partial charge in [-0.15, -0.1) is 0 Å². The Bertz CT molecular complexity index is 1240. The fourth-order valence-electron chi connectivity index (χ4n) is 4.56. The third kappa shape index (κ3) is 3.29. The van der Waals surface area contributed by atoms with E-state index in [0.717, 1.165) is 30.5 Å². The molecule has 8 heteroatoms. The first kappa shape index (κ1) is 21.2. The zero-order chi connectivity index (χ0) is 22.9. The number of benzene rings is 1. The number of allylic oxidation sites excluding steroid dienone is 4. The van der Waals surface area contributed by atoms with E-state index in [0.29, 0.717) is 17.9 Å². The van der Waals surface area contributed by atoms with Crippen LogP contribution in [0.5, 0.6) is 5.75 Å². The summed E-state index contributed by atoms with van der Waals surface area (Å²) in [6, 6.07) is 12.4. The minimum Gasteiger partial charge on any atom is -0.483 e. The van der Waals surface area contributed by atoms with Crippen LogP contribution in [-0.2, 0) is 6.61 Å². The van der Waals surface area contributed by atoms with E-state index in [9.17, 15) is 24.6 Å². The first-order valence-corrected chi connectivity index (χ1v) is 10.0. The third-order valence-corrected chi connectivity index (χ3v) is 6.05. The summed E-state index contributed by atoms with van der Waals surface area (Å²) in [7, 11) is 0. The molecular weight excluding hydrogens is 414 g/mol. The second-order valence-corrected chi connectivity index (χ2v) is 7.77. The van der Waals surface area contributed by atoms with E-state index < -0.39 is 23.0 Å². The quantitative estimate of drug-likeness (QED) is 0.746. The van der Waals surface area contributed by atoms with Crippen LogP contribution in [0.3, 0.4) is 0 Å². The van der Waals surface area contributed by atoms with Crippen molar-refractivity contribution in [3.8, 4) is 24.0 Å². The van der Waals surface area contributed by atoms with Gasteiger partial charge in [0.05, 0.1) is 29.3 Å². The Morgan fingerprint density at radius 2 is 1.94 bits per heavy atom. The lowest BCUT2D eigenvalue weighted by atomic mass is 9.58. The minimum absolute atomic E-state index is 0.0676. The summed E-state index contributed by atoms with van der Waals surface area (Å²) in [6.45, 7) is -0.135. The van der Waals surface area contributed by atoms with Gasteiger partial charge in [-0.3, -0.25) is 0 Å². The molecule has 2 aliphatic rings. The van der Waals surface area contributed by atoms with Gasteiger partial charge in [-0.2, -0.15) is 15.8 Å². The Morgan fingerprint density at radius 3 is 2.62 bits per heavy atom. The molecule has 2 atom stereocenters. The van der Waals surface area contributed by atoms with Crippen LogP contribution in [0.4, 0.5) is 8.78 Å². The summed E-state index contributed by atoms with van der Waals surface area (Å²) in [6.07, 6.45) is 4.24. The lowest BCUT2D eigenvalue weighted by Gasteiger charge is -2.42. The number of nitriles is 3. The first-order chi connectivity index (χ1) is 15.4. The van der Waals surface area contributed by atoms with E-state index >= 15 is 0 Å². The SMILES string of the molecule is N#CC1=C(N)C(C#N)(C#N)[C@@H](c2ccc(COc3ccc(F)cc3F)o2)[C@@H]2CCCC=C12. The highest BCUT2D eigenvalue weighted by atomic mass is 19.1. The van der Waals surface area contributed by atoms with Gasteiger partial charge in [-0.05, 0) is 55.0 Å². The van der Waals surface area contributed by atoms with Crippen molar-refractivity contribution < 1.29 is 17.9 Å². The van der Waals surface area contributed by atoms with Gasteiger partial charge in [0.15, 0.2) is 17.0 Å². The van der Waals surface area contributed by atoms with Crippen molar-refractivity contribution >= 4 is 0 Å². The predicted molar refractivity (Wildman–Crippen MR) is 108 cm³/mol. The summed E-state index contributed by atoms with van der Waals surface area (Å²) >= 11 is 0. The average molecular weight is 432 g/mol. The van der Waals surface area contributed by atoms with Crippen molar-refractivity contribution in [2.75, 3.05) is 0 Å².